The van der Waals surface area contributed by atoms with Gasteiger partial charge in [0.25, 0.3) is 0 Å². The normalized spacial score (nSPS) is 20.6. The Kier molecular flexibility index (Phi) is 4.86. The fourth-order valence-corrected chi connectivity index (χ4v) is 1.41. The van der Waals surface area contributed by atoms with Gasteiger partial charge in [-0.3, -0.25) is 10.2 Å². The van der Waals surface area contributed by atoms with Crippen molar-refractivity contribution in [1.82, 2.24) is 10.4 Å². The Labute approximate surface area is 84.0 Å². The van der Waals surface area contributed by atoms with E-state index < -0.39 is 5.97 Å². The first kappa shape index (κ1) is 11.4. The summed E-state index contributed by atoms with van der Waals surface area (Å²) in [5.74, 6) is -0.736. The molecular formula is C9H18N2O3. The van der Waals surface area contributed by atoms with E-state index in [-0.39, 0.29) is 12.5 Å². The first-order chi connectivity index (χ1) is 6.68. The van der Waals surface area contributed by atoms with Crippen LogP contribution in [0.4, 0.5) is 0 Å². The summed E-state index contributed by atoms with van der Waals surface area (Å²) in [4.78, 5) is 10.3. The van der Waals surface area contributed by atoms with E-state index in [2.05, 4.69) is 10.4 Å². The van der Waals surface area contributed by atoms with Gasteiger partial charge in [-0.05, 0) is 13.3 Å². The SMILES string of the molecule is CC(CCC(=O)O)NN1CCOCC1. The molecule has 0 amide bonds. The molecule has 1 aliphatic rings. The molecule has 0 saturated carbocycles. The van der Waals surface area contributed by atoms with Gasteiger partial charge in [0.05, 0.1) is 13.2 Å². The molecule has 1 unspecified atom stereocenters. The van der Waals surface area contributed by atoms with Crippen LogP contribution in [0.15, 0.2) is 0 Å². The lowest BCUT2D eigenvalue weighted by Crippen LogP contribution is -2.49. The summed E-state index contributed by atoms with van der Waals surface area (Å²) < 4.78 is 5.20. The second-order valence-corrected chi connectivity index (χ2v) is 3.56. The third-order valence-electron chi connectivity index (χ3n) is 2.21. The van der Waals surface area contributed by atoms with E-state index in [1.165, 1.54) is 0 Å². The van der Waals surface area contributed by atoms with Gasteiger partial charge in [0.1, 0.15) is 0 Å². The van der Waals surface area contributed by atoms with Crippen LogP contribution in [-0.4, -0.2) is 48.4 Å². The molecule has 0 spiro atoms. The number of morpholine rings is 1. The Morgan fingerprint density at radius 3 is 2.79 bits per heavy atom. The van der Waals surface area contributed by atoms with Gasteiger partial charge >= 0.3 is 5.97 Å². The van der Waals surface area contributed by atoms with Gasteiger partial charge in [0.2, 0.25) is 0 Å². The maximum atomic E-state index is 10.3. The van der Waals surface area contributed by atoms with Crippen LogP contribution in [0, 0.1) is 0 Å². The minimum atomic E-state index is -0.736. The second kappa shape index (κ2) is 5.95. The molecule has 0 radical (unpaired) electrons. The zero-order valence-electron chi connectivity index (χ0n) is 8.53. The molecule has 1 saturated heterocycles. The molecule has 0 aromatic carbocycles. The average Bonchev–Trinajstić information content (AvgIpc) is 2.16. The van der Waals surface area contributed by atoms with Crippen LogP contribution < -0.4 is 5.43 Å². The van der Waals surface area contributed by atoms with Crippen LogP contribution >= 0.6 is 0 Å². The van der Waals surface area contributed by atoms with Crippen LogP contribution in [-0.2, 0) is 9.53 Å². The van der Waals surface area contributed by atoms with Gasteiger partial charge in [-0.25, -0.2) is 5.01 Å². The maximum absolute atomic E-state index is 10.3. The van der Waals surface area contributed by atoms with Gasteiger partial charge in [-0.2, -0.15) is 0 Å². The van der Waals surface area contributed by atoms with Crippen molar-refractivity contribution in [3.05, 3.63) is 0 Å². The van der Waals surface area contributed by atoms with Crippen molar-refractivity contribution in [3.63, 3.8) is 0 Å². The molecular weight excluding hydrogens is 184 g/mol. The second-order valence-electron chi connectivity index (χ2n) is 3.56. The number of carbonyl (C=O) groups is 1. The topological polar surface area (TPSA) is 61.8 Å². The van der Waals surface area contributed by atoms with Crippen LogP contribution in [0.1, 0.15) is 19.8 Å². The quantitative estimate of drug-likeness (QED) is 0.661. The monoisotopic (exact) mass is 202 g/mol. The highest BCUT2D eigenvalue weighted by atomic mass is 16.5. The largest absolute Gasteiger partial charge is 0.481 e. The van der Waals surface area contributed by atoms with Gasteiger partial charge in [0, 0.05) is 25.6 Å². The minimum absolute atomic E-state index is 0.212. The lowest BCUT2D eigenvalue weighted by Gasteiger charge is -2.30. The van der Waals surface area contributed by atoms with E-state index >= 15 is 0 Å². The Morgan fingerprint density at radius 1 is 1.57 bits per heavy atom. The fraction of sp³-hybridized carbons (Fsp3) is 0.889. The molecule has 14 heavy (non-hydrogen) atoms. The Balaban J connectivity index is 2.11. The summed E-state index contributed by atoms with van der Waals surface area (Å²) in [5, 5.41) is 10.6. The van der Waals surface area contributed by atoms with Crippen molar-refractivity contribution in [1.29, 1.82) is 0 Å². The summed E-state index contributed by atoms with van der Waals surface area (Å²) in [7, 11) is 0. The summed E-state index contributed by atoms with van der Waals surface area (Å²) in [6, 6.07) is 0.212. The molecule has 1 atom stereocenters. The van der Waals surface area contributed by atoms with Gasteiger partial charge in [0.15, 0.2) is 0 Å². The summed E-state index contributed by atoms with van der Waals surface area (Å²) >= 11 is 0. The molecule has 82 valence electrons. The standard InChI is InChI=1S/C9H18N2O3/c1-8(2-3-9(12)13)10-11-4-6-14-7-5-11/h8,10H,2-7H2,1H3,(H,12,13). The average molecular weight is 202 g/mol. The van der Waals surface area contributed by atoms with Crippen molar-refractivity contribution in [2.75, 3.05) is 26.3 Å². The third kappa shape index (κ3) is 4.55. The Bertz CT molecular complexity index is 181. The van der Waals surface area contributed by atoms with Crippen molar-refractivity contribution in [2.45, 2.75) is 25.8 Å². The van der Waals surface area contributed by atoms with Crippen molar-refractivity contribution in [3.8, 4) is 0 Å². The van der Waals surface area contributed by atoms with E-state index in [0.717, 1.165) is 26.3 Å². The van der Waals surface area contributed by atoms with Gasteiger partial charge < -0.3 is 9.84 Å². The number of hydrogen-bond donors (Lipinski definition) is 2. The van der Waals surface area contributed by atoms with Gasteiger partial charge in [-0.1, -0.05) is 0 Å². The number of hydrazine groups is 1. The first-order valence-corrected chi connectivity index (χ1v) is 4.99. The minimum Gasteiger partial charge on any atom is -0.481 e. The van der Waals surface area contributed by atoms with Gasteiger partial charge in [-0.15, -0.1) is 0 Å². The lowest BCUT2D eigenvalue weighted by atomic mass is 10.2. The number of nitrogens with zero attached hydrogens (tertiary/aromatic N) is 1. The predicted octanol–water partition coefficient (Wildman–Crippen LogP) is 0.0765. The maximum Gasteiger partial charge on any atom is 0.303 e. The fourth-order valence-electron chi connectivity index (χ4n) is 1.41. The number of aliphatic carboxylic acids is 1. The molecule has 1 fully saturated rings. The zero-order chi connectivity index (χ0) is 10.4. The molecule has 2 N–H and O–H groups in total. The van der Waals surface area contributed by atoms with Crippen LogP contribution in [0.2, 0.25) is 0 Å². The van der Waals surface area contributed by atoms with E-state index in [4.69, 9.17) is 9.84 Å². The van der Waals surface area contributed by atoms with Crippen LogP contribution in [0.5, 0.6) is 0 Å². The number of rotatable bonds is 5. The number of carboxylic acids is 1. The van der Waals surface area contributed by atoms with E-state index in [9.17, 15) is 4.79 Å². The summed E-state index contributed by atoms with van der Waals surface area (Å²) in [6.07, 6.45) is 0.880. The predicted molar refractivity (Wildman–Crippen MR) is 51.9 cm³/mol. The first-order valence-electron chi connectivity index (χ1n) is 4.99. The summed E-state index contributed by atoms with van der Waals surface area (Å²) in [6.45, 7) is 5.24. The zero-order valence-corrected chi connectivity index (χ0v) is 8.53. The smallest absolute Gasteiger partial charge is 0.303 e. The number of nitrogens with one attached hydrogen (secondary N) is 1. The van der Waals surface area contributed by atoms with Crippen molar-refractivity contribution in [2.24, 2.45) is 0 Å². The lowest BCUT2D eigenvalue weighted by molar-refractivity contribution is -0.137. The highest BCUT2D eigenvalue weighted by Gasteiger charge is 2.13. The number of carboxylic acid groups (broad SMARTS) is 1. The molecule has 5 heteroatoms. The van der Waals surface area contributed by atoms with E-state index in [0.29, 0.717) is 6.42 Å². The number of ether oxygens (including phenoxy) is 1. The third-order valence-corrected chi connectivity index (χ3v) is 2.21. The molecule has 0 aliphatic carbocycles. The molecule has 1 aliphatic heterocycles. The Morgan fingerprint density at radius 2 is 2.21 bits per heavy atom. The van der Waals surface area contributed by atoms with E-state index in [1.54, 1.807) is 0 Å². The molecule has 5 nitrogen and oxygen atoms in total. The number of hydrogen-bond acceptors (Lipinski definition) is 4. The molecule has 1 heterocycles. The highest BCUT2D eigenvalue weighted by Crippen LogP contribution is 1.99. The molecule has 0 bridgehead atoms. The molecule has 0 aromatic rings. The van der Waals surface area contributed by atoms with Crippen molar-refractivity contribution < 1.29 is 14.6 Å². The summed E-state index contributed by atoms with van der Waals surface area (Å²) in [5.41, 5.74) is 3.26. The molecule has 0 aromatic heterocycles. The highest BCUT2D eigenvalue weighted by molar-refractivity contribution is 5.66. The van der Waals surface area contributed by atoms with Crippen LogP contribution in [0.25, 0.3) is 0 Å². The van der Waals surface area contributed by atoms with Crippen molar-refractivity contribution >= 4 is 5.97 Å². The molecule has 1 rings (SSSR count). The Hall–Kier alpha value is -0.650. The van der Waals surface area contributed by atoms with Crippen LogP contribution in [0.3, 0.4) is 0 Å². The van der Waals surface area contributed by atoms with E-state index in [1.807, 2.05) is 6.92 Å².